The van der Waals surface area contributed by atoms with Crippen molar-refractivity contribution in [2.24, 2.45) is 5.92 Å². The molecule has 3 aliphatic rings. The van der Waals surface area contributed by atoms with Crippen LogP contribution in [-0.4, -0.2) is 93.2 Å². The molecule has 1 aliphatic heterocycles. The number of esters is 4. The average Bonchev–Trinajstić information content (AvgIpc) is 3.40. The molecule has 14 nitrogen and oxygen atoms in total. The smallest absolute Gasteiger partial charge is 0.407 e. The van der Waals surface area contributed by atoms with E-state index < -0.39 is 88.8 Å². The number of fused-ring (bicyclic) bond motifs is 3. The Hall–Kier alpha value is -3.52. The number of ether oxygens (including phenoxy) is 5. The fraction of sp³-hybridized carbons (Fsp3) is 0.810. The number of ketones is 1. The summed E-state index contributed by atoms with van der Waals surface area (Å²) < 4.78 is 28.4. The second kappa shape index (κ2) is 20.3. The number of aliphatic hydroxyl groups is 2. The lowest BCUT2D eigenvalue weighted by Crippen LogP contribution is -2.64. The van der Waals surface area contributed by atoms with E-state index >= 15 is 0 Å². The minimum absolute atomic E-state index is 0.00868. The molecular weight excluding hydrogens is 726 g/mol. The number of nitrogens with one attached hydrogen (secondary N) is 1. The van der Waals surface area contributed by atoms with Crippen molar-refractivity contribution in [2.45, 2.75) is 205 Å². The third-order valence-electron chi connectivity index (χ3n) is 11.1. The molecule has 14 heteroatoms. The Morgan fingerprint density at radius 1 is 0.821 bits per heavy atom. The Kier molecular flexibility index (Phi) is 16.9. The summed E-state index contributed by atoms with van der Waals surface area (Å²) in [5, 5.41) is 26.7. The zero-order chi connectivity index (χ0) is 41.9. The third-order valence-corrected chi connectivity index (χ3v) is 11.1. The van der Waals surface area contributed by atoms with Gasteiger partial charge in [0.25, 0.3) is 0 Å². The van der Waals surface area contributed by atoms with E-state index in [4.69, 9.17) is 23.7 Å². The Morgan fingerprint density at radius 2 is 1.34 bits per heavy atom. The first kappa shape index (κ1) is 46.9. The molecule has 1 saturated heterocycles. The van der Waals surface area contributed by atoms with Crippen LogP contribution in [0.25, 0.3) is 0 Å². The van der Waals surface area contributed by atoms with Crippen LogP contribution in [0.5, 0.6) is 0 Å². The Bertz CT molecular complexity index is 1450. The van der Waals surface area contributed by atoms with Crippen LogP contribution in [-0.2, 0) is 47.7 Å². The largest absolute Gasteiger partial charge is 0.459 e. The number of alkyl carbamates (subject to hydrolysis) is 1. The predicted molar refractivity (Wildman–Crippen MR) is 205 cm³/mol. The molecule has 0 aromatic rings. The molecule has 0 spiro atoms. The summed E-state index contributed by atoms with van der Waals surface area (Å²) in [6.07, 6.45) is 6.96. The standard InChI is InChI=1S/C42H67NO13/c1-9-10-11-17-20-24-31(46)53-35-33-32(27(2)34(35)47)36-42(51,41(8,50)37(48)54-36)29(26-40(33,7)55-28(3)44)52-30(45)23-21-18-15-13-12-14-16-19-22-25-43-38(49)56-39(4,5)6/h29,33,35-36,50-51H,9-26H2,1-8H3,(H,43,49)/t29-,33+,35-,36-,40-,41+,42+/m0/s1. The van der Waals surface area contributed by atoms with E-state index in [9.17, 15) is 39.0 Å². The first-order valence-electron chi connectivity index (χ1n) is 20.7. The highest BCUT2D eigenvalue weighted by atomic mass is 16.6. The summed E-state index contributed by atoms with van der Waals surface area (Å²) >= 11 is 0. The van der Waals surface area contributed by atoms with Gasteiger partial charge in [-0.15, -0.1) is 0 Å². The maximum absolute atomic E-state index is 13.8. The number of unbranched alkanes of at least 4 members (excludes halogenated alkanes) is 12. The van der Waals surface area contributed by atoms with Crippen molar-refractivity contribution in [3.05, 3.63) is 11.1 Å². The van der Waals surface area contributed by atoms with Gasteiger partial charge in [-0.1, -0.05) is 77.6 Å². The lowest BCUT2D eigenvalue weighted by molar-refractivity contribution is -0.211. The van der Waals surface area contributed by atoms with Crippen molar-refractivity contribution in [3.63, 3.8) is 0 Å². The third kappa shape index (κ3) is 11.8. The van der Waals surface area contributed by atoms with Crippen LogP contribution in [0.3, 0.4) is 0 Å². The molecule has 1 heterocycles. The van der Waals surface area contributed by atoms with Gasteiger partial charge in [-0.3, -0.25) is 19.2 Å². The van der Waals surface area contributed by atoms with Crippen molar-refractivity contribution in [1.82, 2.24) is 5.32 Å². The first-order chi connectivity index (χ1) is 26.2. The quantitative estimate of drug-likeness (QED) is 0.0670. The van der Waals surface area contributed by atoms with Crippen molar-refractivity contribution < 1.29 is 62.7 Å². The van der Waals surface area contributed by atoms with Gasteiger partial charge in [0, 0.05) is 32.7 Å². The van der Waals surface area contributed by atoms with Gasteiger partial charge in [-0.05, 0) is 72.0 Å². The van der Waals surface area contributed by atoms with Crippen molar-refractivity contribution in [1.29, 1.82) is 0 Å². The van der Waals surface area contributed by atoms with Crippen LogP contribution in [0.1, 0.15) is 165 Å². The van der Waals surface area contributed by atoms with E-state index in [2.05, 4.69) is 12.2 Å². The Balaban J connectivity index is 1.64. The molecule has 318 valence electrons. The second-order valence-electron chi connectivity index (χ2n) is 17.1. The monoisotopic (exact) mass is 793 g/mol. The molecule has 0 unspecified atom stereocenters. The van der Waals surface area contributed by atoms with Crippen LogP contribution in [0.15, 0.2) is 11.1 Å². The molecule has 0 radical (unpaired) electrons. The van der Waals surface area contributed by atoms with E-state index in [0.29, 0.717) is 19.4 Å². The highest BCUT2D eigenvalue weighted by Gasteiger charge is 2.75. The van der Waals surface area contributed by atoms with Gasteiger partial charge in [0.1, 0.15) is 17.3 Å². The number of hydrogen-bond donors (Lipinski definition) is 3. The summed E-state index contributed by atoms with van der Waals surface area (Å²) in [5.41, 5.74) is -7.33. The van der Waals surface area contributed by atoms with E-state index in [1.54, 1.807) is 0 Å². The molecule has 1 saturated carbocycles. The maximum atomic E-state index is 13.8. The molecular formula is C42H67NO13. The van der Waals surface area contributed by atoms with Crippen LogP contribution in [0.4, 0.5) is 4.79 Å². The molecule has 56 heavy (non-hydrogen) atoms. The van der Waals surface area contributed by atoms with Gasteiger partial charge in [0.05, 0.1) is 5.92 Å². The zero-order valence-corrected chi connectivity index (χ0v) is 34.9. The van der Waals surface area contributed by atoms with Gasteiger partial charge >= 0.3 is 30.0 Å². The second-order valence-corrected chi connectivity index (χ2v) is 17.1. The Labute approximate surface area is 332 Å². The molecule has 0 aromatic carbocycles. The lowest BCUT2D eigenvalue weighted by Gasteiger charge is -2.41. The van der Waals surface area contributed by atoms with Crippen LogP contribution in [0, 0.1) is 5.92 Å². The highest BCUT2D eigenvalue weighted by molar-refractivity contribution is 6.04. The van der Waals surface area contributed by atoms with Gasteiger partial charge in [-0.2, -0.15) is 0 Å². The summed E-state index contributed by atoms with van der Waals surface area (Å²) in [7, 11) is 0. The topological polar surface area (TPSA) is 201 Å². The minimum atomic E-state index is -2.59. The molecule has 0 bridgehead atoms. The molecule has 3 rings (SSSR count). The molecule has 7 atom stereocenters. The molecule has 3 N–H and O–H groups in total. The average molecular weight is 794 g/mol. The Morgan fingerprint density at radius 3 is 1.88 bits per heavy atom. The predicted octanol–water partition coefficient (Wildman–Crippen LogP) is 6.24. The molecule has 0 aromatic heterocycles. The van der Waals surface area contributed by atoms with Crippen LogP contribution in [0.2, 0.25) is 0 Å². The summed E-state index contributed by atoms with van der Waals surface area (Å²) in [6, 6.07) is 0. The van der Waals surface area contributed by atoms with Gasteiger partial charge in [0.2, 0.25) is 0 Å². The summed E-state index contributed by atoms with van der Waals surface area (Å²) in [4.78, 5) is 77.7. The number of carbonyl (C=O) groups excluding carboxylic acids is 6. The fourth-order valence-electron chi connectivity index (χ4n) is 8.19. The fourth-order valence-corrected chi connectivity index (χ4v) is 8.19. The SMILES string of the molecule is CCCCCCCC(=O)O[C@@H]1C(=O)C(C)=C2[C@H]1[C@@](C)(OC(C)=O)C[C@H](OC(=O)CCCCCCCCCCCNC(=O)OC(C)(C)C)[C@@]1(O)[C@H]2OC(=O)[C@@]1(C)O. The van der Waals surface area contributed by atoms with Crippen molar-refractivity contribution in [3.8, 4) is 0 Å². The van der Waals surface area contributed by atoms with Gasteiger partial charge < -0.3 is 39.2 Å². The van der Waals surface area contributed by atoms with Gasteiger partial charge in [-0.25, -0.2) is 9.59 Å². The van der Waals surface area contributed by atoms with Crippen molar-refractivity contribution >= 4 is 35.8 Å². The molecule has 2 fully saturated rings. The van der Waals surface area contributed by atoms with E-state index in [0.717, 1.165) is 84.0 Å². The van der Waals surface area contributed by atoms with Crippen LogP contribution < -0.4 is 5.32 Å². The summed E-state index contributed by atoms with van der Waals surface area (Å²) in [5.74, 6) is -5.05. The molecule has 1 amide bonds. The number of amides is 1. The van der Waals surface area contributed by atoms with E-state index in [1.807, 2.05) is 20.8 Å². The van der Waals surface area contributed by atoms with E-state index in [1.165, 1.54) is 20.8 Å². The lowest BCUT2D eigenvalue weighted by atomic mass is 9.75. The number of hydrogen-bond acceptors (Lipinski definition) is 13. The molecule has 2 aliphatic carbocycles. The van der Waals surface area contributed by atoms with Crippen molar-refractivity contribution in [2.75, 3.05) is 6.54 Å². The normalized spacial score (nSPS) is 28.5. The van der Waals surface area contributed by atoms with Gasteiger partial charge in [0.15, 0.2) is 29.2 Å². The van der Waals surface area contributed by atoms with E-state index in [-0.39, 0.29) is 24.0 Å². The zero-order valence-electron chi connectivity index (χ0n) is 34.9. The number of rotatable bonds is 21. The number of Topliss-reactive ketones (excluding diaryl/α,β-unsaturated/α-hetero) is 1. The highest BCUT2D eigenvalue weighted by Crippen LogP contribution is 2.56. The minimum Gasteiger partial charge on any atom is -0.459 e. The number of carbonyl (C=O) groups is 6. The summed E-state index contributed by atoms with van der Waals surface area (Å²) in [6.45, 7) is 13.3. The maximum Gasteiger partial charge on any atom is 0.407 e. The van der Waals surface area contributed by atoms with Crippen LogP contribution >= 0.6 is 0 Å². The first-order valence-corrected chi connectivity index (χ1v) is 20.7.